The van der Waals surface area contributed by atoms with Gasteiger partial charge >= 0.3 is 5.97 Å². The normalized spacial score (nSPS) is 21.4. The molecule has 3 rings (SSSR count). The number of hydrogen-bond donors (Lipinski definition) is 2. The smallest absolute Gasteiger partial charge is 0.339 e. The molecule has 1 aromatic rings. The van der Waals surface area contributed by atoms with Crippen molar-refractivity contribution in [3.63, 3.8) is 0 Å². The van der Waals surface area contributed by atoms with Crippen molar-refractivity contribution in [2.45, 2.75) is 37.4 Å². The molecule has 0 bridgehead atoms. The number of aromatic carboxylic acids is 1. The number of aryl methyl sites for hydroxylation is 2. The highest BCUT2D eigenvalue weighted by Gasteiger charge is 2.21. The van der Waals surface area contributed by atoms with Crippen molar-refractivity contribution in [3.05, 3.63) is 22.9 Å². The molecule has 5 heteroatoms. The molecular weight excluding hydrogens is 260 g/mol. The van der Waals surface area contributed by atoms with Gasteiger partial charge in [-0.3, -0.25) is 0 Å². The average Bonchev–Trinajstić information content (AvgIpc) is 3.05. The number of thioether (sulfide) groups is 1. The number of fused-ring (bicyclic) bond motifs is 1. The maximum atomic E-state index is 11.3. The van der Waals surface area contributed by atoms with E-state index in [1.807, 2.05) is 17.8 Å². The Kier molecular flexibility index (Phi) is 3.64. The first-order valence-electron chi connectivity index (χ1n) is 6.85. The van der Waals surface area contributed by atoms with Crippen LogP contribution in [0.5, 0.6) is 0 Å². The molecule has 0 saturated carbocycles. The first kappa shape index (κ1) is 12.8. The van der Waals surface area contributed by atoms with E-state index in [1.165, 1.54) is 18.6 Å². The van der Waals surface area contributed by atoms with E-state index in [1.54, 1.807) is 0 Å². The summed E-state index contributed by atoms with van der Waals surface area (Å²) in [5, 5.41) is 13.2. The lowest BCUT2D eigenvalue weighted by molar-refractivity contribution is 0.0697. The van der Waals surface area contributed by atoms with Crippen LogP contribution >= 0.6 is 11.8 Å². The van der Waals surface area contributed by atoms with Crippen LogP contribution < -0.4 is 5.32 Å². The Morgan fingerprint density at radius 3 is 3.11 bits per heavy atom. The number of carboxylic acids is 1. The number of rotatable bonds is 4. The number of nitrogens with zero attached hydrogens (tertiary/aromatic N) is 1. The summed E-state index contributed by atoms with van der Waals surface area (Å²) in [7, 11) is 0. The van der Waals surface area contributed by atoms with E-state index in [-0.39, 0.29) is 0 Å². The van der Waals surface area contributed by atoms with Crippen molar-refractivity contribution < 1.29 is 9.90 Å². The summed E-state index contributed by atoms with van der Waals surface area (Å²) in [5.41, 5.74) is 2.51. The Bertz CT molecular complexity index is 498. The minimum Gasteiger partial charge on any atom is -0.478 e. The fraction of sp³-hybridized carbons (Fsp3) is 0.571. The van der Waals surface area contributed by atoms with Crippen LogP contribution in [0.25, 0.3) is 0 Å². The fourth-order valence-corrected chi connectivity index (χ4v) is 3.99. The van der Waals surface area contributed by atoms with Crippen molar-refractivity contribution in [3.8, 4) is 0 Å². The zero-order valence-electron chi connectivity index (χ0n) is 10.8. The lowest BCUT2D eigenvalue weighted by atomic mass is 10.1. The molecule has 0 amide bonds. The van der Waals surface area contributed by atoms with Crippen LogP contribution in [-0.4, -0.2) is 33.6 Å². The molecule has 1 aliphatic carbocycles. The van der Waals surface area contributed by atoms with Crippen molar-refractivity contribution in [1.82, 2.24) is 4.98 Å². The minimum absolute atomic E-state index is 0.323. The summed E-state index contributed by atoms with van der Waals surface area (Å²) in [6.45, 7) is 0.816. The molecule has 4 nitrogen and oxygen atoms in total. The van der Waals surface area contributed by atoms with Crippen LogP contribution in [0.2, 0.25) is 0 Å². The lowest BCUT2D eigenvalue weighted by Gasteiger charge is -2.14. The number of hydrogen-bond acceptors (Lipinski definition) is 4. The molecule has 1 unspecified atom stereocenters. The summed E-state index contributed by atoms with van der Waals surface area (Å²) in [4.78, 5) is 15.9. The summed E-state index contributed by atoms with van der Waals surface area (Å²) in [5.74, 6) is 0.889. The first-order valence-corrected chi connectivity index (χ1v) is 7.90. The van der Waals surface area contributed by atoms with Gasteiger partial charge in [0.2, 0.25) is 0 Å². The molecule has 2 aliphatic rings. The monoisotopic (exact) mass is 278 g/mol. The number of carbonyl (C=O) groups is 1. The SMILES string of the molecule is O=C(O)c1cc2c(nc1NCC1CCCS1)CCC2. The average molecular weight is 278 g/mol. The lowest BCUT2D eigenvalue weighted by Crippen LogP contribution is -2.17. The van der Waals surface area contributed by atoms with Crippen molar-refractivity contribution in [2.24, 2.45) is 0 Å². The second-order valence-corrected chi connectivity index (χ2v) is 6.57. The molecule has 0 spiro atoms. The second-order valence-electron chi connectivity index (χ2n) is 5.16. The molecule has 1 aromatic heterocycles. The van der Waals surface area contributed by atoms with Crippen LogP contribution in [0.4, 0.5) is 5.82 Å². The van der Waals surface area contributed by atoms with Crippen molar-refractivity contribution in [2.75, 3.05) is 17.6 Å². The zero-order valence-corrected chi connectivity index (χ0v) is 11.6. The third-order valence-corrected chi connectivity index (χ3v) is 5.20. The molecule has 102 valence electrons. The molecule has 1 atom stereocenters. The van der Waals surface area contributed by atoms with E-state index in [9.17, 15) is 9.90 Å². The first-order chi connectivity index (χ1) is 9.24. The zero-order chi connectivity index (χ0) is 13.2. The van der Waals surface area contributed by atoms with Gasteiger partial charge < -0.3 is 10.4 Å². The van der Waals surface area contributed by atoms with Crippen molar-refractivity contribution >= 4 is 23.5 Å². The van der Waals surface area contributed by atoms with Crippen LogP contribution in [0.3, 0.4) is 0 Å². The highest BCUT2D eigenvalue weighted by atomic mass is 32.2. The predicted octanol–water partition coefficient (Wildman–Crippen LogP) is 2.58. The summed E-state index contributed by atoms with van der Waals surface area (Å²) >= 11 is 1.96. The largest absolute Gasteiger partial charge is 0.478 e. The molecule has 2 N–H and O–H groups in total. The van der Waals surface area contributed by atoms with Gasteiger partial charge in [0.25, 0.3) is 0 Å². The summed E-state index contributed by atoms with van der Waals surface area (Å²) in [6.07, 6.45) is 5.50. The molecule has 19 heavy (non-hydrogen) atoms. The molecule has 0 radical (unpaired) electrons. The summed E-state index contributed by atoms with van der Waals surface area (Å²) < 4.78 is 0. The van der Waals surface area contributed by atoms with Gasteiger partial charge in [-0.2, -0.15) is 11.8 Å². The quantitative estimate of drug-likeness (QED) is 0.886. The highest BCUT2D eigenvalue weighted by molar-refractivity contribution is 8.00. The van der Waals surface area contributed by atoms with Crippen LogP contribution in [0.15, 0.2) is 6.07 Å². The number of aromatic nitrogens is 1. The number of pyridine rings is 1. The van der Waals surface area contributed by atoms with Gasteiger partial charge in [0.15, 0.2) is 0 Å². The maximum absolute atomic E-state index is 11.3. The van der Waals surface area contributed by atoms with E-state index in [4.69, 9.17) is 0 Å². The van der Waals surface area contributed by atoms with E-state index < -0.39 is 5.97 Å². The summed E-state index contributed by atoms with van der Waals surface area (Å²) in [6, 6.07) is 1.81. The predicted molar refractivity (Wildman–Crippen MR) is 77.2 cm³/mol. The van der Waals surface area contributed by atoms with E-state index in [0.717, 1.165) is 37.1 Å². The Morgan fingerprint density at radius 2 is 2.37 bits per heavy atom. The highest BCUT2D eigenvalue weighted by Crippen LogP contribution is 2.28. The van der Waals surface area contributed by atoms with E-state index >= 15 is 0 Å². The molecule has 1 fully saturated rings. The molecule has 1 aliphatic heterocycles. The van der Waals surface area contributed by atoms with E-state index in [2.05, 4.69) is 10.3 Å². The van der Waals surface area contributed by atoms with Gasteiger partial charge in [-0.15, -0.1) is 0 Å². The van der Waals surface area contributed by atoms with Gasteiger partial charge in [-0.25, -0.2) is 9.78 Å². The third-order valence-electron chi connectivity index (χ3n) is 3.80. The second kappa shape index (κ2) is 5.41. The van der Waals surface area contributed by atoms with Gasteiger partial charge in [0, 0.05) is 17.5 Å². The van der Waals surface area contributed by atoms with Gasteiger partial charge in [0.05, 0.1) is 0 Å². The number of nitrogens with one attached hydrogen (secondary N) is 1. The van der Waals surface area contributed by atoms with E-state index in [0.29, 0.717) is 16.6 Å². The third kappa shape index (κ3) is 2.71. The van der Waals surface area contributed by atoms with Crippen LogP contribution in [-0.2, 0) is 12.8 Å². The van der Waals surface area contributed by atoms with Gasteiger partial charge in [0.1, 0.15) is 11.4 Å². The number of anilines is 1. The van der Waals surface area contributed by atoms with Crippen molar-refractivity contribution in [1.29, 1.82) is 0 Å². The maximum Gasteiger partial charge on any atom is 0.339 e. The van der Waals surface area contributed by atoms with Crippen LogP contribution in [0.1, 0.15) is 40.9 Å². The molecular formula is C14H18N2O2S. The van der Waals surface area contributed by atoms with Crippen LogP contribution in [0, 0.1) is 0 Å². The van der Waals surface area contributed by atoms with Gasteiger partial charge in [-0.05, 0) is 49.5 Å². The Morgan fingerprint density at radius 1 is 1.47 bits per heavy atom. The topological polar surface area (TPSA) is 62.2 Å². The Balaban J connectivity index is 1.80. The fourth-order valence-electron chi connectivity index (χ4n) is 2.79. The van der Waals surface area contributed by atoms with Gasteiger partial charge in [-0.1, -0.05) is 0 Å². The Hall–Kier alpha value is -1.23. The standard InChI is InChI=1S/C14H18N2O2S/c17-14(18)11-7-9-3-1-5-12(9)16-13(11)15-8-10-4-2-6-19-10/h7,10H,1-6,8H2,(H,15,16)(H,17,18). The molecule has 0 aromatic carbocycles. The minimum atomic E-state index is -0.885. The number of carboxylic acid groups (broad SMARTS) is 1. The molecule has 2 heterocycles. The Labute approximate surface area is 117 Å². The molecule has 1 saturated heterocycles.